The molecule has 0 aliphatic rings. The average Bonchev–Trinajstić information content (AvgIpc) is 3.27. The van der Waals surface area contributed by atoms with Crippen LogP contribution in [0.5, 0.6) is 0 Å². The van der Waals surface area contributed by atoms with E-state index in [1.807, 2.05) is 39.0 Å². The number of hydrogen-bond donors (Lipinski definition) is 2. The van der Waals surface area contributed by atoms with E-state index in [1.54, 1.807) is 13.1 Å². The molecular formula is C27H26N6O2. The predicted molar refractivity (Wildman–Crippen MR) is 135 cm³/mol. The molecule has 35 heavy (non-hydrogen) atoms. The van der Waals surface area contributed by atoms with Gasteiger partial charge in [0.05, 0.1) is 17.8 Å². The summed E-state index contributed by atoms with van der Waals surface area (Å²) in [6, 6.07) is 18.0. The van der Waals surface area contributed by atoms with Crippen molar-refractivity contribution in [2.24, 2.45) is 0 Å². The van der Waals surface area contributed by atoms with E-state index in [2.05, 4.69) is 62.2 Å². The monoisotopic (exact) mass is 466 g/mol. The summed E-state index contributed by atoms with van der Waals surface area (Å²) in [5.41, 5.74) is 6.55. The molecule has 2 aromatic heterocycles. The summed E-state index contributed by atoms with van der Waals surface area (Å²) in [6.07, 6.45) is 1.52. The van der Waals surface area contributed by atoms with Crippen LogP contribution in [0.3, 0.4) is 0 Å². The molecule has 1 unspecified atom stereocenters. The second kappa shape index (κ2) is 10.2. The van der Waals surface area contributed by atoms with Crippen molar-refractivity contribution >= 4 is 17.4 Å². The molecule has 0 fully saturated rings. The van der Waals surface area contributed by atoms with E-state index in [0.29, 0.717) is 23.2 Å². The zero-order valence-corrected chi connectivity index (χ0v) is 20.1. The quantitative estimate of drug-likeness (QED) is 0.356. The maximum Gasteiger partial charge on any atom is 0.258 e. The van der Waals surface area contributed by atoms with Crippen molar-refractivity contribution < 1.29 is 9.32 Å². The van der Waals surface area contributed by atoms with Gasteiger partial charge in [-0.15, -0.1) is 0 Å². The lowest BCUT2D eigenvalue weighted by Crippen LogP contribution is -2.15. The first kappa shape index (κ1) is 23.6. The van der Waals surface area contributed by atoms with Gasteiger partial charge in [0.1, 0.15) is 12.2 Å². The second-order valence-electron chi connectivity index (χ2n) is 8.48. The number of aromatic nitrogens is 3. The molecule has 0 aliphatic heterocycles. The van der Waals surface area contributed by atoms with Gasteiger partial charge in [-0.1, -0.05) is 47.1 Å². The molecule has 2 aromatic carbocycles. The Balaban J connectivity index is 1.57. The van der Waals surface area contributed by atoms with Crippen LogP contribution in [0.15, 0.2) is 59.3 Å². The van der Waals surface area contributed by atoms with Crippen molar-refractivity contribution in [1.29, 1.82) is 5.26 Å². The number of carbonyl (C=O) groups excluding carboxylic acids is 1. The van der Waals surface area contributed by atoms with Gasteiger partial charge >= 0.3 is 0 Å². The largest absolute Gasteiger partial charge is 0.362 e. The third-order valence-corrected chi connectivity index (χ3v) is 5.55. The lowest BCUT2D eigenvalue weighted by molar-refractivity contribution is -0.115. The smallest absolute Gasteiger partial charge is 0.258 e. The Labute approximate surface area is 204 Å². The number of amides is 1. The second-order valence-corrected chi connectivity index (χ2v) is 8.48. The van der Waals surface area contributed by atoms with Crippen LogP contribution in [0.2, 0.25) is 0 Å². The van der Waals surface area contributed by atoms with E-state index in [0.717, 1.165) is 33.4 Å². The van der Waals surface area contributed by atoms with Crippen LogP contribution in [0.1, 0.15) is 41.9 Å². The third-order valence-electron chi connectivity index (χ3n) is 5.55. The SMILES string of the molecule is Cc1cnc(NC(C)c2ccc(-c3ccc(C)cc3-c3nc(C)no3)cc2)c(NC(=O)CC#N)c1. The van der Waals surface area contributed by atoms with Crippen LogP contribution >= 0.6 is 0 Å². The van der Waals surface area contributed by atoms with Gasteiger partial charge in [0.15, 0.2) is 5.82 Å². The van der Waals surface area contributed by atoms with Gasteiger partial charge in [0, 0.05) is 11.8 Å². The molecule has 0 aliphatic carbocycles. The highest BCUT2D eigenvalue weighted by atomic mass is 16.5. The van der Waals surface area contributed by atoms with E-state index < -0.39 is 0 Å². The van der Waals surface area contributed by atoms with Gasteiger partial charge in [-0.3, -0.25) is 4.79 Å². The molecule has 1 amide bonds. The minimum absolute atomic E-state index is 0.0815. The number of aryl methyl sites for hydroxylation is 3. The molecule has 0 saturated heterocycles. The summed E-state index contributed by atoms with van der Waals surface area (Å²) in [4.78, 5) is 20.8. The van der Waals surface area contributed by atoms with E-state index in [-0.39, 0.29) is 18.4 Å². The molecule has 176 valence electrons. The number of anilines is 2. The molecule has 0 spiro atoms. The van der Waals surface area contributed by atoms with E-state index in [1.165, 1.54) is 0 Å². The summed E-state index contributed by atoms with van der Waals surface area (Å²) in [5.74, 6) is 1.27. The van der Waals surface area contributed by atoms with Crippen LogP contribution in [0.25, 0.3) is 22.6 Å². The first-order chi connectivity index (χ1) is 16.8. The normalized spacial score (nSPS) is 11.5. The minimum atomic E-state index is -0.370. The predicted octanol–water partition coefficient (Wildman–Crippen LogP) is 5.75. The summed E-state index contributed by atoms with van der Waals surface area (Å²) < 4.78 is 5.43. The Hall–Kier alpha value is -4.51. The van der Waals surface area contributed by atoms with E-state index in [4.69, 9.17) is 9.78 Å². The molecule has 0 radical (unpaired) electrons. The molecule has 1 atom stereocenters. The van der Waals surface area contributed by atoms with E-state index >= 15 is 0 Å². The average molecular weight is 467 g/mol. The molecule has 2 heterocycles. The van der Waals surface area contributed by atoms with Crippen molar-refractivity contribution in [2.75, 3.05) is 10.6 Å². The number of rotatable bonds is 7. The lowest BCUT2D eigenvalue weighted by atomic mass is 9.96. The Morgan fingerprint density at radius 3 is 2.51 bits per heavy atom. The highest BCUT2D eigenvalue weighted by Gasteiger charge is 2.16. The maximum absolute atomic E-state index is 12.0. The van der Waals surface area contributed by atoms with Crippen LogP contribution in [-0.2, 0) is 4.79 Å². The number of nitrogens with zero attached hydrogens (tertiary/aromatic N) is 4. The molecule has 0 saturated carbocycles. The third kappa shape index (κ3) is 5.53. The summed E-state index contributed by atoms with van der Waals surface area (Å²) >= 11 is 0. The highest BCUT2D eigenvalue weighted by Crippen LogP contribution is 2.33. The summed E-state index contributed by atoms with van der Waals surface area (Å²) in [7, 11) is 0. The molecule has 0 bridgehead atoms. The fourth-order valence-electron chi connectivity index (χ4n) is 3.78. The number of carbonyl (C=O) groups is 1. The van der Waals surface area contributed by atoms with Crippen LogP contribution in [-0.4, -0.2) is 21.0 Å². The van der Waals surface area contributed by atoms with Crippen molar-refractivity contribution in [3.05, 3.63) is 77.2 Å². The van der Waals surface area contributed by atoms with Crippen LogP contribution in [0.4, 0.5) is 11.5 Å². The van der Waals surface area contributed by atoms with Gasteiger partial charge in [0.2, 0.25) is 5.91 Å². The zero-order chi connectivity index (χ0) is 24.9. The molecule has 4 rings (SSSR count). The van der Waals surface area contributed by atoms with Crippen LogP contribution < -0.4 is 10.6 Å². The van der Waals surface area contributed by atoms with Crippen molar-refractivity contribution in [3.8, 4) is 28.7 Å². The summed E-state index contributed by atoms with van der Waals surface area (Å²) in [5, 5.41) is 18.8. The lowest BCUT2D eigenvalue weighted by Gasteiger charge is -2.19. The molecule has 8 heteroatoms. The molecule has 8 nitrogen and oxygen atoms in total. The van der Waals surface area contributed by atoms with E-state index in [9.17, 15) is 4.79 Å². The fourth-order valence-corrected chi connectivity index (χ4v) is 3.78. The fraction of sp³-hybridized carbons (Fsp3) is 0.222. The Morgan fingerprint density at radius 1 is 1.06 bits per heavy atom. The Morgan fingerprint density at radius 2 is 1.83 bits per heavy atom. The molecular weight excluding hydrogens is 440 g/mol. The maximum atomic E-state index is 12.0. The highest BCUT2D eigenvalue weighted by molar-refractivity contribution is 5.94. The van der Waals surface area contributed by atoms with Crippen LogP contribution in [0, 0.1) is 32.1 Å². The summed E-state index contributed by atoms with van der Waals surface area (Å²) in [6.45, 7) is 7.75. The first-order valence-corrected chi connectivity index (χ1v) is 11.3. The molecule has 4 aromatic rings. The standard InChI is InChI=1S/C27H26N6O2/c1-16-5-10-22(23(13-16)27-31-19(4)33-35-27)21-8-6-20(7-9-21)18(3)30-26-24(14-17(2)15-29-26)32-25(34)11-12-28/h5-10,13-15,18H,11H2,1-4H3,(H,29,30)(H,32,34). The van der Waals surface area contributed by atoms with Gasteiger partial charge in [-0.25, -0.2) is 4.98 Å². The Kier molecular flexibility index (Phi) is 6.88. The number of nitriles is 1. The van der Waals surface area contributed by atoms with Gasteiger partial charge in [-0.05, 0) is 62.1 Å². The minimum Gasteiger partial charge on any atom is -0.362 e. The number of nitrogens with one attached hydrogen (secondary N) is 2. The number of benzene rings is 2. The van der Waals surface area contributed by atoms with Crippen molar-refractivity contribution in [3.63, 3.8) is 0 Å². The van der Waals surface area contributed by atoms with Crippen molar-refractivity contribution in [1.82, 2.24) is 15.1 Å². The number of hydrogen-bond acceptors (Lipinski definition) is 7. The van der Waals surface area contributed by atoms with Gasteiger partial charge in [-0.2, -0.15) is 10.2 Å². The first-order valence-electron chi connectivity index (χ1n) is 11.3. The van der Waals surface area contributed by atoms with Gasteiger partial charge in [0.25, 0.3) is 5.89 Å². The topological polar surface area (TPSA) is 117 Å². The number of pyridine rings is 1. The molecule has 2 N–H and O–H groups in total. The zero-order valence-electron chi connectivity index (χ0n) is 20.1. The Bertz CT molecular complexity index is 1400. The van der Waals surface area contributed by atoms with Crippen molar-refractivity contribution in [2.45, 2.75) is 40.2 Å². The van der Waals surface area contributed by atoms with Gasteiger partial charge < -0.3 is 15.2 Å².